The van der Waals surface area contributed by atoms with E-state index in [1.807, 2.05) is 31.2 Å². The molecule has 0 atom stereocenters. The maximum absolute atomic E-state index is 12.0. The minimum absolute atomic E-state index is 0.00280. The first-order valence-electron chi connectivity index (χ1n) is 7.63. The molecule has 3 nitrogen and oxygen atoms in total. The molecule has 1 aliphatic carbocycles. The zero-order valence-corrected chi connectivity index (χ0v) is 12.3. The van der Waals surface area contributed by atoms with Crippen molar-refractivity contribution in [3.63, 3.8) is 0 Å². The largest absolute Gasteiger partial charge is 0.388 e. The van der Waals surface area contributed by atoms with Crippen LogP contribution in [0.4, 0.5) is 0 Å². The standard InChI is InChI=1S/C17H25NO2/c1-14-8-4-5-9-15(14)12-16(19)18-13-17(20)10-6-2-3-7-11-17/h4-5,8-9,20H,2-3,6-7,10-13H2,1H3,(H,18,19). The smallest absolute Gasteiger partial charge is 0.224 e. The van der Waals surface area contributed by atoms with Crippen molar-refractivity contribution in [3.05, 3.63) is 35.4 Å². The molecule has 3 heteroatoms. The van der Waals surface area contributed by atoms with Crippen molar-refractivity contribution in [2.24, 2.45) is 0 Å². The number of hydrogen-bond donors (Lipinski definition) is 2. The predicted molar refractivity (Wildman–Crippen MR) is 80.5 cm³/mol. The molecule has 2 N–H and O–H groups in total. The summed E-state index contributed by atoms with van der Waals surface area (Å²) < 4.78 is 0. The van der Waals surface area contributed by atoms with Gasteiger partial charge in [-0.2, -0.15) is 0 Å². The number of hydrogen-bond acceptors (Lipinski definition) is 2. The zero-order chi connectivity index (χ0) is 14.4. The van der Waals surface area contributed by atoms with Gasteiger partial charge in [0.1, 0.15) is 0 Å². The summed E-state index contributed by atoms with van der Waals surface area (Å²) >= 11 is 0. The third-order valence-corrected chi connectivity index (χ3v) is 4.26. The molecule has 0 heterocycles. The minimum Gasteiger partial charge on any atom is -0.388 e. The number of aryl methyl sites for hydroxylation is 1. The molecule has 110 valence electrons. The molecule has 20 heavy (non-hydrogen) atoms. The van der Waals surface area contributed by atoms with Gasteiger partial charge in [0, 0.05) is 6.54 Å². The van der Waals surface area contributed by atoms with Gasteiger partial charge in [0.05, 0.1) is 12.0 Å². The molecule has 0 aromatic heterocycles. The first-order valence-corrected chi connectivity index (χ1v) is 7.63. The molecule has 0 radical (unpaired) electrons. The Balaban J connectivity index is 1.84. The van der Waals surface area contributed by atoms with Crippen molar-refractivity contribution < 1.29 is 9.90 Å². The van der Waals surface area contributed by atoms with E-state index in [4.69, 9.17) is 0 Å². The molecule has 0 unspecified atom stereocenters. The van der Waals surface area contributed by atoms with E-state index in [1.54, 1.807) is 0 Å². The molecule has 0 spiro atoms. The van der Waals surface area contributed by atoms with Crippen LogP contribution in [0.1, 0.15) is 49.7 Å². The van der Waals surface area contributed by atoms with E-state index in [9.17, 15) is 9.90 Å². The summed E-state index contributed by atoms with van der Waals surface area (Å²) in [6, 6.07) is 7.93. The van der Waals surface area contributed by atoms with E-state index in [-0.39, 0.29) is 5.91 Å². The molecule has 1 aliphatic rings. The van der Waals surface area contributed by atoms with Crippen LogP contribution in [-0.2, 0) is 11.2 Å². The Bertz CT molecular complexity index is 448. The third kappa shape index (κ3) is 4.34. The SMILES string of the molecule is Cc1ccccc1CC(=O)NCC1(O)CCCCCC1. The van der Waals surface area contributed by atoms with Gasteiger partial charge in [-0.1, -0.05) is 49.9 Å². The van der Waals surface area contributed by atoms with E-state index in [2.05, 4.69) is 5.32 Å². The van der Waals surface area contributed by atoms with Crippen molar-refractivity contribution in [2.45, 2.75) is 57.5 Å². The number of amides is 1. The molecule has 0 aliphatic heterocycles. The van der Waals surface area contributed by atoms with Crippen molar-refractivity contribution >= 4 is 5.91 Å². The van der Waals surface area contributed by atoms with Gasteiger partial charge < -0.3 is 10.4 Å². The third-order valence-electron chi connectivity index (χ3n) is 4.26. The molecule has 0 saturated heterocycles. The van der Waals surface area contributed by atoms with Crippen LogP contribution in [-0.4, -0.2) is 23.2 Å². The fraction of sp³-hybridized carbons (Fsp3) is 0.588. The summed E-state index contributed by atoms with van der Waals surface area (Å²) in [4.78, 5) is 12.0. The van der Waals surface area contributed by atoms with E-state index in [0.29, 0.717) is 13.0 Å². The normalized spacial score (nSPS) is 18.3. The quantitative estimate of drug-likeness (QED) is 0.830. The Morgan fingerprint density at radius 2 is 1.85 bits per heavy atom. The second-order valence-electron chi connectivity index (χ2n) is 6.02. The fourth-order valence-electron chi connectivity index (χ4n) is 2.87. The van der Waals surface area contributed by atoms with E-state index in [1.165, 1.54) is 12.8 Å². The van der Waals surface area contributed by atoms with Gasteiger partial charge in [-0.25, -0.2) is 0 Å². The molecule has 2 rings (SSSR count). The van der Waals surface area contributed by atoms with Gasteiger partial charge in [0.2, 0.25) is 5.91 Å². The lowest BCUT2D eigenvalue weighted by atomic mass is 9.94. The molecule has 1 fully saturated rings. The van der Waals surface area contributed by atoms with Gasteiger partial charge in [-0.3, -0.25) is 4.79 Å². The van der Waals surface area contributed by atoms with Crippen LogP contribution in [0.2, 0.25) is 0 Å². The second kappa shape index (κ2) is 6.89. The van der Waals surface area contributed by atoms with Crippen molar-refractivity contribution in [1.29, 1.82) is 0 Å². The number of carbonyl (C=O) groups excluding carboxylic acids is 1. The highest BCUT2D eigenvalue weighted by Gasteiger charge is 2.28. The molecule has 0 bridgehead atoms. The van der Waals surface area contributed by atoms with Gasteiger partial charge in [0.15, 0.2) is 0 Å². The lowest BCUT2D eigenvalue weighted by molar-refractivity contribution is -0.121. The Morgan fingerprint density at radius 3 is 2.50 bits per heavy atom. The van der Waals surface area contributed by atoms with Gasteiger partial charge in [-0.15, -0.1) is 0 Å². The number of nitrogens with one attached hydrogen (secondary N) is 1. The van der Waals surface area contributed by atoms with E-state index < -0.39 is 5.60 Å². The summed E-state index contributed by atoms with van der Waals surface area (Å²) in [6.45, 7) is 2.40. The summed E-state index contributed by atoms with van der Waals surface area (Å²) in [7, 11) is 0. The summed E-state index contributed by atoms with van der Waals surface area (Å²) in [5.74, 6) is -0.00280. The molecule has 1 amide bonds. The Labute approximate surface area is 121 Å². The number of carbonyl (C=O) groups is 1. The average Bonchev–Trinajstić information content (AvgIpc) is 2.65. The van der Waals surface area contributed by atoms with Crippen molar-refractivity contribution in [3.8, 4) is 0 Å². The first-order chi connectivity index (χ1) is 9.59. The molecule has 1 aromatic rings. The highest BCUT2D eigenvalue weighted by atomic mass is 16.3. The Morgan fingerprint density at radius 1 is 1.20 bits per heavy atom. The highest BCUT2D eigenvalue weighted by molar-refractivity contribution is 5.78. The van der Waals surface area contributed by atoms with Crippen LogP contribution in [0.15, 0.2) is 24.3 Å². The first kappa shape index (κ1) is 15.0. The lowest BCUT2D eigenvalue weighted by Crippen LogP contribution is -2.43. The zero-order valence-electron chi connectivity index (χ0n) is 12.3. The van der Waals surface area contributed by atoms with Crippen LogP contribution < -0.4 is 5.32 Å². The number of rotatable bonds is 4. The Kier molecular flexibility index (Phi) is 5.18. The van der Waals surface area contributed by atoms with Crippen LogP contribution in [0, 0.1) is 6.92 Å². The van der Waals surface area contributed by atoms with Crippen LogP contribution >= 0.6 is 0 Å². The van der Waals surface area contributed by atoms with Crippen LogP contribution in [0.5, 0.6) is 0 Å². The fourth-order valence-corrected chi connectivity index (χ4v) is 2.87. The topological polar surface area (TPSA) is 49.3 Å². The van der Waals surface area contributed by atoms with E-state index >= 15 is 0 Å². The summed E-state index contributed by atoms with van der Waals surface area (Å²) in [5.41, 5.74) is 1.49. The summed E-state index contributed by atoms with van der Waals surface area (Å²) in [6.07, 6.45) is 6.51. The van der Waals surface area contributed by atoms with E-state index in [0.717, 1.165) is 36.8 Å². The maximum Gasteiger partial charge on any atom is 0.224 e. The highest BCUT2D eigenvalue weighted by Crippen LogP contribution is 2.26. The monoisotopic (exact) mass is 275 g/mol. The number of benzene rings is 1. The lowest BCUT2D eigenvalue weighted by Gasteiger charge is -2.26. The van der Waals surface area contributed by atoms with Gasteiger partial charge >= 0.3 is 0 Å². The molecular weight excluding hydrogens is 250 g/mol. The van der Waals surface area contributed by atoms with Crippen LogP contribution in [0.25, 0.3) is 0 Å². The number of aliphatic hydroxyl groups is 1. The van der Waals surface area contributed by atoms with Crippen molar-refractivity contribution in [2.75, 3.05) is 6.54 Å². The van der Waals surface area contributed by atoms with Crippen LogP contribution in [0.3, 0.4) is 0 Å². The molecule has 1 aromatic carbocycles. The summed E-state index contributed by atoms with van der Waals surface area (Å²) in [5, 5.41) is 13.4. The molecule has 1 saturated carbocycles. The molecular formula is C17H25NO2. The Hall–Kier alpha value is -1.35. The minimum atomic E-state index is -0.697. The van der Waals surface area contributed by atoms with Crippen molar-refractivity contribution in [1.82, 2.24) is 5.32 Å². The predicted octanol–water partition coefficient (Wildman–Crippen LogP) is 2.74. The average molecular weight is 275 g/mol. The van der Waals surface area contributed by atoms with Gasteiger partial charge in [-0.05, 0) is 30.9 Å². The second-order valence-corrected chi connectivity index (χ2v) is 6.02. The maximum atomic E-state index is 12.0. The van der Waals surface area contributed by atoms with Gasteiger partial charge in [0.25, 0.3) is 0 Å².